The minimum absolute atomic E-state index is 0.346. The Labute approximate surface area is 172 Å². The molecule has 0 spiro atoms. The van der Waals surface area contributed by atoms with Gasteiger partial charge in [-0.05, 0) is 106 Å². The van der Waals surface area contributed by atoms with Crippen LogP contribution < -0.4 is 0 Å². The maximum Gasteiger partial charge on any atom is 0.0787 e. The van der Waals surface area contributed by atoms with E-state index >= 15 is 0 Å². The first-order valence-corrected chi connectivity index (χ1v) is 11.3. The lowest BCUT2D eigenvalue weighted by molar-refractivity contribution is 0.0837. The molecule has 2 N–H and O–H groups in total. The van der Waals surface area contributed by atoms with Crippen molar-refractivity contribution < 1.29 is 10.2 Å². The predicted octanol–water partition coefficient (Wildman–Crippen LogP) is 6.26. The van der Waals surface area contributed by atoms with Gasteiger partial charge in [-0.1, -0.05) is 43.4 Å². The first-order chi connectivity index (χ1) is 13.2. The predicted molar refractivity (Wildman–Crippen MR) is 118 cm³/mol. The quantitative estimate of drug-likeness (QED) is 0.549. The third-order valence-corrected chi connectivity index (χ3v) is 7.60. The van der Waals surface area contributed by atoms with E-state index in [-0.39, 0.29) is 6.10 Å². The zero-order chi connectivity index (χ0) is 20.4. The molecule has 0 aromatic carbocycles. The summed E-state index contributed by atoms with van der Waals surface area (Å²) in [4.78, 5) is 0. The van der Waals surface area contributed by atoms with Crippen molar-refractivity contribution in [2.24, 2.45) is 17.3 Å². The van der Waals surface area contributed by atoms with Gasteiger partial charge in [0.05, 0.1) is 11.7 Å². The van der Waals surface area contributed by atoms with Crippen molar-refractivity contribution in [2.75, 3.05) is 0 Å². The second kappa shape index (κ2) is 8.71. The summed E-state index contributed by atoms with van der Waals surface area (Å²) in [6.45, 7) is 10.4. The smallest absolute Gasteiger partial charge is 0.0787 e. The summed E-state index contributed by atoms with van der Waals surface area (Å²) in [6.07, 6.45) is 20.1. The van der Waals surface area contributed by atoms with E-state index in [4.69, 9.17) is 0 Å². The number of aliphatic hydroxyl groups excluding tert-OH is 1. The Balaban J connectivity index is 1.68. The van der Waals surface area contributed by atoms with Gasteiger partial charge in [0.25, 0.3) is 0 Å². The van der Waals surface area contributed by atoms with Crippen molar-refractivity contribution in [2.45, 2.75) is 96.7 Å². The molecule has 3 fully saturated rings. The first kappa shape index (κ1) is 21.6. The van der Waals surface area contributed by atoms with Crippen LogP contribution >= 0.6 is 0 Å². The standard InChI is InChI=1S/C26H40O2/c1-19-20(9-7-12-24(19)27)13-14-21-10-8-18-26(4)22(15-16-23(21)26)11-5-6-17-25(2,3)28/h5-6,13-14,22-24,27-28H,1,7-12,15-18H2,2-4H3/b6-5+,20-13-,21-14+. The van der Waals surface area contributed by atoms with Gasteiger partial charge in [-0.15, -0.1) is 0 Å². The Bertz CT molecular complexity index is 660. The minimum Gasteiger partial charge on any atom is -0.390 e. The highest BCUT2D eigenvalue weighted by Gasteiger charge is 2.48. The van der Waals surface area contributed by atoms with Crippen molar-refractivity contribution in [3.05, 3.63) is 47.6 Å². The van der Waals surface area contributed by atoms with Crippen LogP contribution in [0.25, 0.3) is 0 Å². The van der Waals surface area contributed by atoms with Gasteiger partial charge in [0.15, 0.2) is 0 Å². The summed E-state index contributed by atoms with van der Waals surface area (Å²) in [6, 6.07) is 0. The van der Waals surface area contributed by atoms with Gasteiger partial charge < -0.3 is 10.2 Å². The Morgan fingerprint density at radius 3 is 2.64 bits per heavy atom. The Morgan fingerprint density at radius 1 is 1.11 bits per heavy atom. The zero-order valence-electron chi connectivity index (χ0n) is 18.2. The molecule has 156 valence electrons. The Morgan fingerprint density at radius 2 is 1.89 bits per heavy atom. The molecule has 0 amide bonds. The number of hydrogen-bond donors (Lipinski definition) is 2. The molecule has 2 heteroatoms. The normalized spacial score (nSPS) is 37.2. The van der Waals surface area contributed by atoms with Crippen LogP contribution in [0.3, 0.4) is 0 Å². The Hall–Kier alpha value is -1.12. The molecule has 3 aliphatic carbocycles. The number of rotatable bonds is 5. The topological polar surface area (TPSA) is 40.5 Å². The molecule has 2 nitrogen and oxygen atoms in total. The third kappa shape index (κ3) is 4.89. The molecule has 28 heavy (non-hydrogen) atoms. The van der Waals surface area contributed by atoms with Crippen LogP contribution in [-0.2, 0) is 0 Å². The van der Waals surface area contributed by atoms with Gasteiger partial charge >= 0.3 is 0 Å². The second-order valence-electron chi connectivity index (χ2n) is 10.3. The van der Waals surface area contributed by atoms with Gasteiger partial charge in [-0.2, -0.15) is 0 Å². The summed E-state index contributed by atoms with van der Waals surface area (Å²) in [7, 11) is 0. The maximum atomic E-state index is 10.1. The molecule has 0 aromatic heterocycles. The molecule has 0 bridgehead atoms. The first-order valence-electron chi connectivity index (χ1n) is 11.3. The number of hydrogen-bond acceptors (Lipinski definition) is 2. The second-order valence-corrected chi connectivity index (χ2v) is 10.3. The average Bonchev–Trinajstić information content (AvgIpc) is 2.96. The van der Waals surface area contributed by atoms with Crippen LogP contribution in [-0.4, -0.2) is 21.9 Å². The van der Waals surface area contributed by atoms with Gasteiger partial charge in [0, 0.05) is 0 Å². The van der Waals surface area contributed by atoms with E-state index in [0.717, 1.165) is 43.6 Å². The lowest BCUT2D eigenvalue weighted by Gasteiger charge is -2.42. The maximum absolute atomic E-state index is 10.1. The Kier molecular flexibility index (Phi) is 6.72. The summed E-state index contributed by atoms with van der Waals surface area (Å²) in [5.41, 5.74) is 3.61. The fourth-order valence-corrected chi connectivity index (χ4v) is 5.80. The lowest BCUT2D eigenvalue weighted by atomic mass is 9.63. The van der Waals surface area contributed by atoms with E-state index in [2.05, 4.69) is 37.8 Å². The van der Waals surface area contributed by atoms with E-state index in [9.17, 15) is 10.2 Å². The van der Waals surface area contributed by atoms with Gasteiger partial charge in [0.1, 0.15) is 0 Å². The van der Waals surface area contributed by atoms with Gasteiger partial charge in [-0.3, -0.25) is 0 Å². The highest BCUT2D eigenvalue weighted by Crippen LogP contribution is 2.58. The van der Waals surface area contributed by atoms with Gasteiger partial charge in [-0.25, -0.2) is 0 Å². The highest BCUT2D eigenvalue weighted by atomic mass is 16.3. The van der Waals surface area contributed by atoms with Gasteiger partial charge in [0.2, 0.25) is 0 Å². The molecule has 0 aliphatic heterocycles. The molecule has 4 unspecified atom stereocenters. The highest BCUT2D eigenvalue weighted by molar-refractivity contribution is 5.37. The SMILES string of the molecule is C=C1/C(=C\C=C2/CCCC3(C)C(C/C=C/CC(C)(C)O)CCC23)CCCC1O. The average molecular weight is 385 g/mol. The van der Waals surface area contributed by atoms with Crippen LogP contribution in [0, 0.1) is 17.3 Å². The van der Waals surface area contributed by atoms with Crippen LogP contribution in [0.5, 0.6) is 0 Å². The monoisotopic (exact) mass is 384 g/mol. The van der Waals surface area contributed by atoms with Crippen LogP contribution in [0.4, 0.5) is 0 Å². The fraction of sp³-hybridized carbons (Fsp3) is 0.692. The number of fused-ring (bicyclic) bond motifs is 1. The van der Waals surface area contributed by atoms with Crippen molar-refractivity contribution in [1.29, 1.82) is 0 Å². The van der Waals surface area contributed by atoms with Crippen LogP contribution in [0.2, 0.25) is 0 Å². The molecular weight excluding hydrogens is 344 g/mol. The molecule has 3 saturated carbocycles. The summed E-state index contributed by atoms with van der Waals surface area (Å²) in [5, 5.41) is 20.0. The number of allylic oxidation sites excluding steroid dienone is 4. The van der Waals surface area contributed by atoms with E-state index < -0.39 is 5.60 Å². The van der Waals surface area contributed by atoms with E-state index in [0.29, 0.717) is 11.3 Å². The van der Waals surface area contributed by atoms with E-state index in [1.807, 2.05) is 13.8 Å². The summed E-state index contributed by atoms with van der Waals surface area (Å²) < 4.78 is 0. The van der Waals surface area contributed by atoms with Crippen molar-refractivity contribution in [3.8, 4) is 0 Å². The lowest BCUT2D eigenvalue weighted by Crippen LogP contribution is -2.33. The molecular formula is C26H40O2. The van der Waals surface area contributed by atoms with E-state index in [1.165, 1.54) is 37.7 Å². The van der Waals surface area contributed by atoms with Crippen LogP contribution in [0.1, 0.15) is 85.0 Å². The molecule has 3 aliphatic rings. The third-order valence-electron chi connectivity index (χ3n) is 7.60. The van der Waals surface area contributed by atoms with Crippen LogP contribution in [0.15, 0.2) is 47.6 Å². The molecule has 0 saturated heterocycles. The summed E-state index contributed by atoms with van der Waals surface area (Å²) in [5.74, 6) is 1.45. The molecule has 3 rings (SSSR count). The van der Waals surface area contributed by atoms with Crippen molar-refractivity contribution >= 4 is 0 Å². The fourth-order valence-electron chi connectivity index (χ4n) is 5.80. The summed E-state index contributed by atoms with van der Waals surface area (Å²) >= 11 is 0. The van der Waals surface area contributed by atoms with E-state index in [1.54, 1.807) is 5.57 Å². The molecule has 0 aromatic rings. The molecule has 4 atom stereocenters. The zero-order valence-corrected chi connectivity index (χ0v) is 18.2. The van der Waals surface area contributed by atoms with Crippen molar-refractivity contribution in [3.63, 3.8) is 0 Å². The largest absolute Gasteiger partial charge is 0.390 e. The molecule has 0 radical (unpaired) electrons. The number of aliphatic hydroxyl groups is 2. The molecule has 0 heterocycles. The minimum atomic E-state index is -0.608. The van der Waals surface area contributed by atoms with Crippen molar-refractivity contribution in [1.82, 2.24) is 0 Å².